The van der Waals surface area contributed by atoms with Crippen LogP contribution >= 0.6 is 0 Å². The zero-order valence-electron chi connectivity index (χ0n) is 20.3. The maximum absolute atomic E-state index is 13.5. The quantitative estimate of drug-likeness (QED) is 0.570. The zero-order chi connectivity index (χ0) is 24.9. The van der Waals surface area contributed by atoms with Gasteiger partial charge in [0.15, 0.2) is 0 Å². The van der Waals surface area contributed by atoms with Crippen LogP contribution in [-0.2, 0) is 11.3 Å². The van der Waals surface area contributed by atoms with E-state index < -0.39 is 0 Å². The van der Waals surface area contributed by atoms with E-state index in [1.54, 1.807) is 29.0 Å². The summed E-state index contributed by atoms with van der Waals surface area (Å²) in [6.45, 7) is 4.10. The van der Waals surface area contributed by atoms with Gasteiger partial charge in [-0.15, -0.1) is 0 Å². The number of amides is 1. The van der Waals surface area contributed by atoms with Gasteiger partial charge in [0.1, 0.15) is 17.3 Å². The van der Waals surface area contributed by atoms with Gasteiger partial charge in [-0.1, -0.05) is 19.3 Å². The second-order valence-electron chi connectivity index (χ2n) is 9.46. The molecule has 1 aliphatic heterocycles. The van der Waals surface area contributed by atoms with Crippen molar-refractivity contribution >= 4 is 16.9 Å². The van der Waals surface area contributed by atoms with Crippen molar-refractivity contribution in [3.63, 3.8) is 0 Å². The van der Waals surface area contributed by atoms with Crippen molar-refractivity contribution in [3.05, 3.63) is 58.1 Å². The maximum atomic E-state index is 13.5. The molecular formula is C27H30N6O3. The van der Waals surface area contributed by atoms with Crippen molar-refractivity contribution in [2.45, 2.75) is 44.7 Å². The zero-order valence-corrected chi connectivity index (χ0v) is 20.3. The molecular weight excluding hydrogens is 456 g/mol. The van der Waals surface area contributed by atoms with Crippen molar-refractivity contribution in [1.29, 1.82) is 5.26 Å². The van der Waals surface area contributed by atoms with E-state index in [9.17, 15) is 9.59 Å². The predicted octanol–water partition coefficient (Wildman–Crippen LogP) is 2.72. The molecule has 0 bridgehead atoms. The number of hydrogen-bond donors (Lipinski definition) is 1. The third kappa shape index (κ3) is 5.30. The maximum Gasteiger partial charge on any atom is 0.265 e. The Morgan fingerprint density at radius 1 is 1.08 bits per heavy atom. The van der Waals surface area contributed by atoms with Crippen LogP contribution in [-0.4, -0.2) is 64.2 Å². The molecule has 2 aliphatic rings. The topological polar surface area (TPSA) is 113 Å². The normalized spacial score (nSPS) is 17.1. The Kier molecular flexibility index (Phi) is 7.35. The first-order valence-electron chi connectivity index (χ1n) is 12.6. The van der Waals surface area contributed by atoms with Gasteiger partial charge in [-0.25, -0.2) is 4.98 Å². The fraction of sp³-hybridized carbons (Fsp3) is 0.444. The lowest BCUT2D eigenvalue weighted by Crippen LogP contribution is -2.42. The Bertz CT molecular complexity index is 1330. The average molecular weight is 487 g/mol. The van der Waals surface area contributed by atoms with E-state index in [0.717, 1.165) is 44.3 Å². The predicted molar refractivity (Wildman–Crippen MR) is 136 cm³/mol. The molecule has 36 heavy (non-hydrogen) atoms. The van der Waals surface area contributed by atoms with Crippen molar-refractivity contribution < 1.29 is 9.53 Å². The molecule has 2 fully saturated rings. The van der Waals surface area contributed by atoms with Gasteiger partial charge in [0.25, 0.3) is 11.5 Å². The molecule has 1 amide bonds. The van der Waals surface area contributed by atoms with Crippen LogP contribution in [0.3, 0.4) is 0 Å². The number of nitrogens with one attached hydrogen (secondary N) is 1. The summed E-state index contributed by atoms with van der Waals surface area (Å²) < 4.78 is 7.06. The summed E-state index contributed by atoms with van der Waals surface area (Å²) in [4.78, 5) is 38.0. The third-order valence-electron chi connectivity index (χ3n) is 7.04. The number of rotatable bonds is 6. The lowest BCUT2D eigenvalue weighted by Gasteiger charge is -2.27. The summed E-state index contributed by atoms with van der Waals surface area (Å²) in [5, 5.41) is 12.9. The Balaban J connectivity index is 1.51. The van der Waals surface area contributed by atoms with Crippen molar-refractivity contribution in [1.82, 2.24) is 24.8 Å². The molecule has 4 heterocycles. The minimum absolute atomic E-state index is 0.107. The SMILES string of the molecule is N#Cc1ccc(-c2cnc3c(c2)cc(C(=O)NC2CCCCC2)c(=O)n3CCN2CCOCC2)nc1. The summed E-state index contributed by atoms with van der Waals surface area (Å²) in [7, 11) is 0. The van der Waals surface area contributed by atoms with E-state index in [2.05, 4.69) is 26.3 Å². The van der Waals surface area contributed by atoms with Crippen LogP contribution in [0.4, 0.5) is 0 Å². The highest BCUT2D eigenvalue weighted by molar-refractivity contribution is 5.97. The molecule has 1 saturated heterocycles. The number of hydrogen-bond acceptors (Lipinski definition) is 7. The van der Waals surface area contributed by atoms with E-state index in [1.165, 1.54) is 12.6 Å². The summed E-state index contributed by atoms with van der Waals surface area (Å²) in [5.41, 5.74) is 2.26. The van der Waals surface area contributed by atoms with E-state index in [-0.39, 0.29) is 23.1 Å². The molecule has 1 N–H and O–H groups in total. The monoisotopic (exact) mass is 486 g/mol. The molecule has 9 nitrogen and oxygen atoms in total. The summed E-state index contributed by atoms with van der Waals surface area (Å²) >= 11 is 0. The van der Waals surface area contributed by atoms with Crippen LogP contribution in [0.5, 0.6) is 0 Å². The number of morpholine rings is 1. The molecule has 0 atom stereocenters. The van der Waals surface area contributed by atoms with Crippen molar-refractivity contribution in [2.75, 3.05) is 32.8 Å². The van der Waals surface area contributed by atoms with E-state index in [4.69, 9.17) is 10.00 Å². The average Bonchev–Trinajstić information content (AvgIpc) is 2.93. The van der Waals surface area contributed by atoms with Gasteiger partial charge in [0.2, 0.25) is 0 Å². The van der Waals surface area contributed by atoms with E-state index >= 15 is 0 Å². The molecule has 1 aliphatic carbocycles. The van der Waals surface area contributed by atoms with Gasteiger partial charge >= 0.3 is 0 Å². The molecule has 3 aromatic heterocycles. The lowest BCUT2D eigenvalue weighted by atomic mass is 9.95. The van der Waals surface area contributed by atoms with Crippen molar-refractivity contribution in [2.24, 2.45) is 0 Å². The standard InChI is InChI=1S/C27H30N6O3/c28-16-19-6-7-24(29-17-19)21-14-20-15-23(26(34)31-22-4-2-1-3-5-22)27(35)33(25(20)30-18-21)9-8-32-10-12-36-13-11-32/h6-7,14-15,17-18,22H,1-5,8-13H2,(H,31,34). The largest absolute Gasteiger partial charge is 0.379 e. The number of aromatic nitrogens is 3. The number of ether oxygens (including phenoxy) is 1. The number of carbonyl (C=O) groups is 1. The highest BCUT2D eigenvalue weighted by Gasteiger charge is 2.22. The summed E-state index contributed by atoms with van der Waals surface area (Å²) in [6.07, 6.45) is 8.47. The Hall–Kier alpha value is -3.61. The van der Waals surface area contributed by atoms with Gasteiger partial charge < -0.3 is 10.1 Å². The molecule has 5 rings (SSSR count). The first-order chi connectivity index (χ1) is 17.6. The summed E-state index contributed by atoms with van der Waals surface area (Å²) in [6, 6.07) is 9.21. The molecule has 0 spiro atoms. The molecule has 1 saturated carbocycles. The van der Waals surface area contributed by atoms with Gasteiger partial charge in [-0.3, -0.25) is 24.0 Å². The van der Waals surface area contributed by atoms with Crippen LogP contribution < -0.4 is 10.9 Å². The Morgan fingerprint density at radius 3 is 2.61 bits per heavy atom. The van der Waals surface area contributed by atoms with Crippen LogP contribution in [0.25, 0.3) is 22.3 Å². The van der Waals surface area contributed by atoms with Gasteiger partial charge in [-0.2, -0.15) is 5.26 Å². The van der Waals surface area contributed by atoms with Gasteiger partial charge in [0.05, 0.1) is 24.5 Å². The fourth-order valence-corrected chi connectivity index (χ4v) is 4.98. The smallest absolute Gasteiger partial charge is 0.265 e. The first-order valence-corrected chi connectivity index (χ1v) is 12.6. The number of carbonyl (C=O) groups excluding carboxylic acids is 1. The van der Waals surface area contributed by atoms with Crippen LogP contribution in [0.1, 0.15) is 48.0 Å². The molecule has 0 radical (unpaired) electrons. The molecule has 0 unspecified atom stereocenters. The number of nitriles is 1. The molecule has 186 valence electrons. The van der Waals surface area contributed by atoms with Crippen LogP contribution in [0.15, 0.2) is 41.5 Å². The fourth-order valence-electron chi connectivity index (χ4n) is 4.98. The van der Waals surface area contributed by atoms with Crippen LogP contribution in [0.2, 0.25) is 0 Å². The van der Waals surface area contributed by atoms with Gasteiger partial charge in [-0.05, 0) is 37.1 Å². The number of fused-ring (bicyclic) bond motifs is 1. The third-order valence-corrected chi connectivity index (χ3v) is 7.04. The minimum Gasteiger partial charge on any atom is -0.379 e. The second-order valence-corrected chi connectivity index (χ2v) is 9.46. The lowest BCUT2D eigenvalue weighted by molar-refractivity contribution is 0.0364. The van der Waals surface area contributed by atoms with Crippen molar-refractivity contribution in [3.8, 4) is 17.3 Å². The van der Waals surface area contributed by atoms with E-state index in [0.29, 0.717) is 48.6 Å². The molecule has 9 heteroatoms. The molecule has 3 aromatic rings. The second kappa shape index (κ2) is 11.0. The Labute approximate surface area is 209 Å². The van der Waals surface area contributed by atoms with E-state index in [1.807, 2.05) is 6.07 Å². The van der Waals surface area contributed by atoms with Crippen LogP contribution in [0, 0.1) is 11.3 Å². The highest BCUT2D eigenvalue weighted by Crippen LogP contribution is 2.22. The number of pyridine rings is 3. The van der Waals surface area contributed by atoms with Gasteiger partial charge in [0, 0.05) is 55.6 Å². The summed E-state index contributed by atoms with van der Waals surface area (Å²) in [5.74, 6) is -0.323. The first kappa shape index (κ1) is 24.1. The number of nitrogens with zero attached hydrogens (tertiary/aromatic N) is 5. The molecule has 0 aromatic carbocycles. The Morgan fingerprint density at radius 2 is 1.89 bits per heavy atom. The highest BCUT2D eigenvalue weighted by atomic mass is 16.5. The minimum atomic E-state index is -0.323.